The van der Waals surface area contributed by atoms with E-state index in [1.54, 1.807) is 12.3 Å². The lowest BCUT2D eigenvalue weighted by atomic mass is 10.1. The minimum atomic E-state index is -3.39. The Kier molecular flexibility index (Phi) is 5.57. The molecule has 0 saturated heterocycles. The smallest absolute Gasteiger partial charge is 0.246 e. The summed E-state index contributed by atoms with van der Waals surface area (Å²) in [5.41, 5.74) is 4.41. The standard InChI is InChI=1S/C20H18Cl2N4O2S/c1-29(27,28)20-24-10-14-12-26(8-7-17(14)25-20)11-13-5-6-18(23-9-13)15-3-2-4-16(21)19(15)22/h2-6,9-10H,7-8,11-12H2,1H3. The van der Waals surface area contributed by atoms with Crippen LogP contribution in [0, 0.1) is 0 Å². The Labute approximate surface area is 179 Å². The van der Waals surface area contributed by atoms with E-state index < -0.39 is 9.84 Å². The molecule has 0 amide bonds. The highest BCUT2D eigenvalue weighted by atomic mass is 35.5. The fourth-order valence-corrected chi connectivity index (χ4v) is 4.22. The van der Waals surface area contributed by atoms with Crippen LogP contribution in [-0.2, 0) is 29.3 Å². The summed E-state index contributed by atoms with van der Waals surface area (Å²) < 4.78 is 23.3. The molecule has 6 nitrogen and oxygen atoms in total. The van der Waals surface area contributed by atoms with Crippen molar-refractivity contribution < 1.29 is 8.42 Å². The molecule has 0 atom stereocenters. The summed E-state index contributed by atoms with van der Waals surface area (Å²) in [7, 11) is -3.39. The minimum Gasteiger partial charge on any atom is -0.294 e. The molecule has 0 bridgehead atoms. The minimum absolute atomic E-state index is 0.107. The Morgan fingerprint density at radius 2 is 1.93 bits per heavy atom. The van der Waals surface area contributed by atoms with Crippen LogP contribution in [0.3, 0.4) is 0 Å². The summed E-state index contributed by atoms with van der Waals surface area (Å²) in [6, 6.07) is 9.45. The number of halogens is 2. The zero-order valence-electron chi connectivity index (χ0n) is 15.6. The van der Waals surface area contributed by atoms with Gasteiger partial charge in [-0.25, -0.2) is 18.4 Å². The van der Waals surface area contributed by atoms with Gasteiger partial charge in [0.15, 0.2) is 0 Å². The van der Waals surface area contributed by atoms with E-state index in [-0.39, 0.29) is 5.16 Å². The van der Waals surface area contributed by atoms with Crippen molar-refractivity contribution in [3.8, 4) is 11.3 Å². The molecule has 0 radical (unpaired) electrons. The first-order valence-corrected chi connectivity index (χ1v) is 11.6. The lowest BCUT2D eigenvalue weighted by molar-refractivity contribution is 0.242. The van der Waals surface area contributed by atoms with Crippen LogP contribution in [0.25, 0.3) is 11.3 Å². The molecule has 3 aromatic rings. The molecule has 3 heterocycles. The van der Waals surface area contributed by atoms with Gasteiger partial charge >= 0.3 is 0 Å². The first-order chi connectivity index (χ1) is 13.8. The third kappa shape index (κ3) is 4.43. The number of aromatic nitrogens is 3. The first-order valence-electron chi connectivity index (χ1n) is 8.98. The fourth-order valence-electron chi connectivity index (χ4n) is 3.31. The average Bonchev–Trinajstić information content (AvgIpc) is 2.70. The zero-order chi connectivity index (χ0) is 20.6. The van der Waals surface area contributed by atoms with Gasteiger partial charge in [0.25, 0.3) is 0 Å². The number of hydrogen-bond acceptors (Lipinski definition) is 6. The highest BCUT2D eigenvalue weighted by Crippen LogP contribution is 2.32. The number of rotatable bonds is 4. The van der Waals surface area contributed by atoms with Gasteiger partial charge in [-0.05, 0) is 17.7 Å². The van der Waals surface area contributed by atoms with Crippen molar-refractivity contribution in [2.24, 2.45) is 0 Å². The number of pyridine rings is 1. The van der Waals surface area contributed by atoms with Crippen molar-refractivity contribution in [1.29, 1.82) is 0 Å². The molecule has 2 aromatic heterocycles. The molecular formula is C20H18Cl2N4O2S. The predicted molar refractivity (Wildman–Crippen MR) is 113 cm³/mol. The van der Waals surface area contributed by atoms with E-state index in [1.807, 2.05) is 30.5 Å². The molecule has 0 spiro atoms. The quantitative estimate of drug-likeness (QED) is 0.564. The Morgan fingerprint density at radius 3 is 2.66 bits per heavy atom. The average molecular weight is 449 g/mol. The van der Waals surface area contributed by atoms with Crippen LogP contribution in [-0.4, -0.2) is 41.1 Å². The second-order valence-electron chi connectivity index (χ2n) is 7.01. The second-order valence-corrected chi connectivity index (χ2v) is 9.71. The number of benzene rings is 1. The predicted octanol–water partition coefficient (Wildman–Crippen LogP) is 3.81. The van der Waals surface area contributed by atoms with Crippen LogP contribution >= 0.6 is 23.2 Å². The van der Waals surface area contributed by atoms with Gasteiger partial charge in [-0.3, -0.25) is 9.88 Å². The summed E-state index contributed by atoms with van der Waals surface area (Å²) in [4.78, 5) is 15.0. The van der Waals surface area contributed by atoms with Gasteiger partial charge < -0.3 is 0 Å². The molecular weight excluding hydrogens is 431 g/mol. The van der Waals surface area contributed by atoms with Gasteiger partial charge in [0.1, 0.15) is 0 Å². The Morgan fingerprint density at radius 1 is 1.10 bits per heavy atom. The number of fused-ring (bicyclic) bond motifs is 1. The van der Waals surface area contributed by atoms with Gasteiger partial charge in [-0.2, -0.15) is 0 Å². The monoisotopic (exact) mass is 448 g/mol. The van der Waals surface area contributed by atoms with E-state index in [1.165, 1.54) is 0 Å². The number of hydrogen-bond donors (Lipinski definition) is 0. The van der Waals surface area contributed by atoms with E-state index in [0.29, 0.717) is 23.0 Å². The summed E-state index contributed by atoms with van der Waals surface area (Å²) in [5.74, 6) is 0. The molecule has 1 aliphatic heterocycles. The van der Waals surface area contributed by atoms with Crippen LogP contribution < -0.4 is 0 Å². The largest absolute Gasteiger partial charge is 0.294 e. The van der Waals surface area contributed by atoms with E-state index in [4.69, 9.17) is 23.2 Å². The maximum absolute atomic E-state index is 11.6. The third-order valence-corrected chi connectivity index (χ3v) is 6.46. The van der Waals surface area contributed by atoms with E-state index in [9.17, 15) is 8.42 Å². The Bertz CT molecular complexity index is 1170. The SMILES string of the molecule is CS(=O)(=O)c1ncc2c(n1)CCN(Cc1ccc(-c3cccc(Cl)c3Cl)nc1)C2. The summed E-state index contributed by atoms with van der Waals surface area (Å²) >= 11 is 12.4. The second kappa shape index (κ2) is 7.99. The molecule has 9 heteroatoms. The maximum atomic E-state index is 11.6. The van der Waals surface area contributed by atoms with Crippen molar-refractivity contribution in [3.05, 3.63) is 69.6 Å². The Hall–Kier alpha value is -2.06. The van der Waals surface area contributed by atoms with Crippen LogP contribution in [0.4, 0.5) is 0 Å². The molecule has 29 heavy (non-hydrogen) atoms. The van der Waals surface area contributed by atoms with Crippen LogP contribution in [0.2, 0.25) is 10.0 Å². The zero-order valence-corrected chi connectivity index (χ0v) is 18.0. The molecule has 0 N–H and O–H groups in total. The van der Waals surface area contributed by atoms with E-state index >= 15 is 0 Å². The molecule has 0 fully saturated rings. The van der Waals surface area contributed by atoms with Gasteiger partial charge in [0.05, 0.1) is 21.4 Å². The van der Waals surface area contributed by atoms with Crippen molar-refractivity contribution in [3.63, 3.8) is 0 Å². The highest BCUT2D eigenvalue weighted by molar-refractivity contribution is 7.90. The molecule has 0 unspecified atom stereocenters. The lowest BCUT2D eigenvalue weighted by Gasteiger charge is -2.27. The summed E-state index contributed by atoms with van der Waals surface area (Å²) in [6.07, 6.45) is 5.26. The molecule has 4 rings (SSSR count). The van der Waals surface area contributed by atoms with Crippen molar-refractivity contribution in [2.45, 2.75) is 24.7 Å². The Balaban J connectivity index is 1.47. The maximum Gasteiger partial charge on any atom is 0.246 e. The lowest BCUT2D eigenvalue weighted by Crippen LogP contribution is -2.31. The van der Waals surface area contributed by atoms with E-state index in [2.05, 4.69) is 19.9 Å². The fraction of sp³-hybridized carbons (Fsp3) is 0.250. The number of nitrogens with zero attached hydrogens (tertiary/aromatic N) is 4. The molecule has 150 valence electrons. The number of sulfone groups is 1. The van der Waals surface area contributed by atoms with Crippen LogP contribution in [0.1, 0.15) is 16.8 Å². The van der Waals surface area contributed by atoms with Gasteiger partial charge in [-0.15, -0.1) is 0 Å². The first kappa shape index (κ1) is 20.2. The van der Waals surface area contributed by atoms with Crippen molar-refractivity contribution >= 4 is 33.0 Å². The van der Waals surface area contributed by atoms with Crippen molar-refractivity contribution in [2.75, 3.05) is 12.8 Å². The van der Waals surface area contributed by atoms with Crippen molar-refractivity contribution in [1.82, 2.24) is 19.9 Å². The molecule has 0 aliphatic carbocycles. The van der Waals surface area contributed by atoms with E-state index in [0.717, 1.165) is 47.4 Å². The van der Waals surface area contributed by atoms with Gasteiger partial charge in [0, 0.05) is 55.8 Å². The third-order valence-electron chi connectivity index (χ3n) is 4.78. The molecule has 1 aliphatic rings. The van der Waals surface area contributed by atoms with Gasteiger partial charge in [-0.1, -0.05) is 41.4 Å². The topological polar surface area (TPSA) is 76.1 Å². The van der Waals surface area contributed by atoms with Crippen LogP contribution in [0.5, 0.6) is 0 Å². The van der Waals surface area contributed by atoms with Gasteiger partial charge in [0.2, 0.25) is 15.0 Å². The highest BCUT2D eigenvalue weighted by Gasteiger charge is 2.21. The molecule has 1 aromatic carbocycles. The normalized spacial score (nSPS) is 14.6. The van der Waals surface area contributed by atoms with Crippen LogP contribution in [0.15, 0.2) is 47.9 Å². The summed E-state index contributed by atoms with van der Waals surface area (Å²) in [6.45, 7) is 2.18. The summed E-state index contributed by atoms with van der Waals surface area (Å²) in [5, 5.41) is 0.892. The molecule has 0 saturated carbocycles.